The number of hydrogen-bond acceptors (Lipinski definition) is 0. The van der Waals surface area contributed by atoms with Crippen molar-refractivity contribution in [2.24, 2.45) is 10.8 Å². The van der Waals surface area contributed by atoms with E-state index in [0.29, 0.717) is 10.8 Å². The van der Waals surface area contributed by atoms with Gasteiger partial charge in [-0.25, -0.2) is 0 Å². The third-order valence-electron chi connectivity index (χ3n) is 5.03. The maximum Gasteiger partial charge on any atom is -0.0351 e. The quantitative estimate of drug-likeness (QED) is 0.256. The fourth-order valence-corrected chi connectivity index (χ4v) is 2.32. The third kappa shape index (κ3) is 11.6. The SMILES string of the molecule is CCC(C)(C)CCCCC=CCCCCC(C)(C)CC. The Hall–Kier alpha value is -0.260. The summed E-state index contributed by atoms with van der Waals surface area (Å²) >= 11 is 0. The van der Waals surface area contributed by atoms with Crippen molar-refractivity contribution < 1.29 is 0 Å². The second kappa shape index (κ2) is 10.5. The van der Waals surface area contributed by atoms with Crippen LogP contribution in [0, 0.1) is 10.8 Å². The van der Waals surface area contributed by atoms with Crippen molar-refractivity contribution in [2.45, 2.75) is 106 Å². The zero-order valence-corrected chi connectivity index (χ0v) is 15.2. The van der Waals surface area contributed by atoms with Gasteiger partial charge < -0.3 is 0 Å². The van der Waals surface area contributed by atoms with E-state index in [-0.39, 0.29) is 0 Å². The van der Waals surface area contributed by atoms with Gasteiger partial charge >= 0.3 is 0 Å². The molecule has 120 valence electrons. The molecule has 0 N–H and O–H groups in total. The van der Waals surface area contributed by atoms with Crippen molar-refractivity contribution in [3.05, 3.63) is 12.2 Å². The molecule has 0 aliphatic rings. The normalized spacial score (nSPS) is 13.3. The van der Waals surface area contributed by atoms with Gasteiger partial charge in [0.2, 0.25) is 0 Å². The molecule has 0 aromatic heterocycles. The number of hydrogen-bond donors (Lipinski definition) is 0. The highest BCUT2D eigenvalue weighted by atomic mass is 14.2. The molecule has 0 heterocycles. The molecule has 0 aliphatic heterocycles. The van der Waals surface area contributed by atoms with Crippen molar-refractivity contribution >= 4 is 0 Å². The van der Waals surface area contributed by atoms with Crippen molar-refractivity contribution in [1.29, 1.82) is 0 Å². The Bertz CT molecular complexity index is 219. The molecular weight excluding hydrogens is 240 g/mol. The molecule has 0 fully saturated rings. The van der Waals surface area contributed by atoms with E-state index < -0.39 is 0 Å². The predicted octanol–water partition coefficient (Wildman–Crippen LogP) is 7.54. The van der Waals surface area contributed by atoms with E-state index in [1.165, 1.54) is 64.2 Å². The Morgan fingerprint density at radius 1 is 0.600 bits per heavy atom. The minimum Gasteiger partial charge on any atom is -0.0885 e. The number of allylic oxidation sites excluding steroid dienone is 2. The minimum atomic E-state index is 0.551. The van der Waals surface area contributed by atoms with Crippen molar-refractivity contribution in [3.8, 4) is 0 Å². The first-order chi connectivity index (χ1) is 9.33. The van der Waals surface area contributed by atoms with E-state index >= 15 is 0 Å². The Morgan fingerprint density at radius 3 is 1.25 bits per heavy atom. The second-order valence-corrected chi connectivity index (χ2v) is 8.00. The molecule has 0 atom stereocenters. The van der Waals surface area contributed by atoms with Gasteiger partial charge in [-0.2, -0.15) is 0 Å². The summed E-state index contributed by atoms with van der Waals surface area (Å²) in [5, 5.41) is 0. The zero-order chi connectivity index (χ0) is 15.5. The van der Waals surface area contributed by atoms with Crippen LogP contribution < -0.4 is 0 Å². The van der Waals surface area contributed by atoms with Gasteiger partial charge in [-0.15, -0.1) is 0 Å². The first-order valence-electron chi connectivity index (χ1n) is 8.98. The van der Waals surface area contributed by atoms with Crippen LogP contribution in [0.2, 0.25) is 0 Å². The fraction of sp³-hybridized carbons (Fsp3) is 0.900. The predicted molar refractivity (Wildman–Crippen MR) is 94.2 cm³/mol. The van der Waals surface area contributed by atoms with Crippen LogP contribution in [0.15, 0.2) is 12.2 Å². The molecule has 0 aromatic carbocycles. The standard InChI is InChI=1S/C20H40/c1-7-19(3,4)17-15-13-11-9-10-12-14-16-18-20(5,6)8-2/h9-10H,7-8,11-18H2,1-6H3. The Kier molecular flexibility index (Phi) is 10.3. The van der Waals surface area contributed by atoms with Crippen LogP contribution in [0.5, 0.6) is 0 Å². The van der Waals surface area contributed by atoms with Gasteiger partial charge in [0, 0.05) is 0 Å². The lowest BCUT2D eigenvalue weighted by Crippen LogP contribution is -2.08. The van der Waals surface area contributed by atoms with Crippen LogP contribution in [-0.4, -0.2) is 0 Å². The molecule has 0 amide bonds. The fourth-order valence-electron chi connectivity index (χ4n) is 2.32. The molecule has 0 unspecified atom stereocenters. The molecule has 0 rings (SSSR count). The molecule has 0 radical (unpaired) electrons. The van der Waals surface area contributed by atoms with Crippen LogP contribution >= 0.6 is 0 Å². The molecule has 0 bridgehead atoms. The van der Waals surface area contributed by atoms with Gasteiger partial charge in [0.05, 0.1) is 0 Å². The van der Waals surface area contributed by atoms with Gasteiger partial charge in [0.25, 0.3) is 0 Å². The van der Waals surface area contributed by atoms with Crippen LogP contribution in [0.4, 0.5) is 0 Å². The Labute approximate surface area is 129 Å². The topological polar surface area (TPSA) is 0 Å². The molecule has 0 saturated heterocycles. The molecule has 0 aliphatic carbocycles. The lowest BCUT2D eigenvalue weighted by molar-refractivity contribution is 0.309. The van der Waals surface area contributed by atoms with E-state index in [1.807, 2.05) is 0 Å². The van der Waals surface area contributed by atoms with E-state index in [2.05, 4.69) is 53.7 Å². The summed E-state index contributed by atoms with van der Waals surface area (Å²) in [7, 11) is 0. The maximum atomic E-state index is 2.41. The highest BCUT2D eigenvalue weighted by Gasteiger charge is 2.14. The van der Waals surface area contributed by atoms with E-state index in [1.54, 1.807) is 0 Å². The Morgan fingerprint density at radius 2 is 0.950 bits per heavy atom. The lowest BCUT2D eigenvalue weighted by Gasteiger charge is -2.22. The summed E-state index contributed by atoms with van der Waals surface area (Å²) in [6.45, 7) is 14.2. The van der Waals surface area contributed by atoms with Crippen LogP contribution in [-0.2, 0) is 0 Å². The van der Waals surface area contributed by atoms with E-state index in [4.69, 9.17) is 0 Å². The lowest BCUT2D eigenvalue weighted by atomic mass is 9.84. The van der Waals surface area contributed by atoms with Crippen LogP contribution in [0.3, 0.4) is 0 Å². The molecule has 0 saturated carbocycles. The molecule has 20 heavy (non-hydrogen) atoms. The molecule has 0 nitrogen and oxygen atoms in total. The molecular formula is C20H40. The van der Waals surface area contributed by atoms with Gasteiger partial charge in [0.1, 0.15) is 0 Å². The number of unbranched alkanes of at least 4 members (excludes halogenated alkanes) is 4. The van der Waals surface area contributed by atoms with Crippen LogP contribution in [0.25, 0.3) is 0 Å². The molecule has 0 heteroatoms. The summed E-state index contributed by atoms with van der Waals surface area (Å²) in [6.07, 6.45) is 18.2. The third-order valence-corrected chi connectivity index (χ3v) is 5.03. The molecule has 0 aromatic rings. The highest BCUT2D eigenvalue weighted by molar-refractivity contribution is 4.82. The average Bonchev–Trinajstić information content (AvgIpc) is 2.41. The van der Waals surface area contributed by atoms with Gasteiger partial charge in [-0.05, 0) is 49.4 Å². The van der Waals surface area contributed by atoms with Crippen molar-refractivity contribution in [1.82, 2.24) is 0 Å². The monoisotopic (exact) mass is 280 g/mol. The maximum absolute atomic E-state index is 2.41. The number of rotatable bonds is 12. The zero-order valence-electron chi connectivity index (χ0n) is 15.2. The second-order valence-electron chi connectivity index (χ2n) is 8.00. The largest absolute Gasteiger partial charge is 0.0885 e. The van der Waals surface area contributed by atoms with Crippen LogP contribution in [0.1, 0.15) is 106 Å². The summed E-state index contributed by atoms with van der Waals surface area (Å²) in [5.74, 6) is 0. The van der Waals surface area contributed by atoms with Crippen molar-refractivity contribution in [3.63, 3.8) is 0 Å². The van der Waals surface area contributed by atoms with Gasteiger partial charge in [-0.1, -0.05) is 79.4 Å². The average molecular weight is 281 g/mol. The van der Waals surface area contributed by atoms with E-state index in [9.17, 15) is 0 Å². The first-order valence-corrected chi connectivity index (χ1v) is 8.98. The van der Waals surface area contributed by atoms with E-state index in [0.717, 1.165) is 0 Å². The van der Waals surface area contributed by atoms with Gasteiger partial charge in [0.15, 0.2) is 0 Å². The summed E-state index contributed by atoms with van der Waals surface area (Å²) in [6, 6.07) is 0. The summed E-state index contributed by atoms with van der Waals surface area (Å²) < 4.78 is 0. The van der Waals surface area contributed by atoms with Crippen molar-refractivity contribution in [2.75, 3.05) is 0 Å². The Balaban J connectivity index is 3.42. The first kappa shape index (κ1) is 19.7. The van der Waals surface area contributed by atoms with Gasteiger partial charge in [-0.3, -0.25) is 0 Å². The summed E-state index contributed by atoms with van der Waals surface area (Å²) in [4.78, 5) is 0. The minimum absolute atomic E-state index is 0.551. The highest BCUT2D eigenvalue weighted by Crippen LogP contribution is 2.28. The molecule has 0 spiro atoms. The smallest absolute Gasteiger partial charge is 0.0351 e. The summed E-state index contributed by atoms with van der Waals surface area (Å²) in [5.41, 5.74) is 1.10.